The van der Waals surface area contributed by atoms with Crippen LogP contribution >= 0.6 is 0 Å². The Bertz CT molecular complexity index is 861. The maximum atomic E-state index is 12.1. The number of anilines is 1. The highest BCUT2D eigenvalue weighted by Gasteiger charge is 2.14. The number of aliphatic hydroxyl groups is 1. The van der Waals surface area contributed by atoms with Crippen LogP contribution in [0.5, 0.6) is 0 Å². The summed E-state index contributed by atoms with van der Waals surface area (Å²) in [5.41, 5.74) is 2.85. The first-order chi connectivity index (χ1) is 12.0. The van der Waals surface area contributed by atoms with Gasteiger partial charge in [0.05, 0.1) is 6.10 Å². The smallest absolute Gasteiger partial charge is 0.319 e. The molecule has 130 valence electrons. The lowest BCUT2D eigenvalue weighted by atomic mass is 10.0. The number of hydrogen-bond acceptors (Lipinski definition) is 4. The van der Waals surface area contributed by atoms with Crippen molar-refractivity contribution in [2.24, 2.45) is 0 Å². The number of amides is 2. The lowest BCUT2D eigenvalue weighted by Gasteiger charge is -2.18. The zero-order valence-electron chi connectivity index (χ0n) is 14.2. The number of aliphatic hydroxyl groups excluding tert-OH is 1. The van der Waals surface area contributed by atoms with Crippen LogP contribution in [0.25, 0.3) is 11.1 Å². The van der Waals surface area contributed by atoms with Gasteiger partial charge in [0.15, 0.2) is 11.5 Å². The summed E-state index contributed by atoms with van der Waals surface area (Å²) >= 11 is 0. The quantitative estimate of drug-likeness (QED) is 0.660. The van der Waals surface area contributed by atoms with Crippen molar-refractivity contribution in [3.63, 3.8) is 0 Å². The minimum Gasteiger partial charge on any atom is -0.441 e. The molecule has 0 aliphatic carbocycles. The molecule has 2 unspecified atom stereocenters. The number of rotatable bonds is 5. The molecule has 3 aromatic rings. The molecule has 0 saturated carbocycles. The van der Waals surface area contributed by atoms with Gasteiger partial charge in [-0.2, -0.15) is 0 Å². The van der Waals surface area contributed by atoms with Crippen molar-refractivity contribution < 1.29 is 14.3 Å². The normalized spacial score (nSPS) is 13.4. The van der Waals surface area contributed by atoms with Crippen LogP contribution in [0.3, 0.4) is 0 Å². The van der Waals surface area contributed by atoms with E-state index >= 15 is 0 Å². The third-order valence-corrected chi connectivity index (χ3v) is 3.89. The third kappa shape index (κ3) is 4.36. The molecule has 0 bridgehead atoms. The molecule has 1 heterocycles. The van der Waals surface area contributed by atoms with E-state index in [0.29, 0.717) is 29.1 Å². The summed E-state index contributed by atoms with van der Waals surface area (Å²) < 4.78 is 5.41. The zero-order valence-corrected chi connectivity index (χ0v) is 14.2. The molecule has 0 aliphatic rings. The molecule has 3 N–H and O–H groups in total. The number of carbonyl (C=O) groups excluding carboxylic acids is 1. The first-order valence-corrected chi connectivity index (χ1v) is 8.19. The Morgan fingerprint density at radius 2 is 2.00 bits per heavy atom. The Kier molecular flexibility index (Phi) is 5.00. The minimum atomic E-state index is -0.619. The van der Waals surface area contributed by atoms with E-state index in [2.05, 4.69) is 15.6 Å². The van der Waals surface area contributed by atoms with Crippen LogP contribution in [0.4, 0.5) is 10.5 Å². The Morgan fingerprint density at radius 1 is 1.24 bits per heavy atom. The van der Waals surface area contributed by atoms with Crippen molar-refractivity contribution in [3.05, 3.63) is 60.0 Å². The summed E-state index contributed by atoms with van der Waals surface area (Å²) in [7, 11) is 0. The van der Waals surface area contributed by atoms with Crippen LogP contribution in [0.15, 0.2) is 52.9 Å². The monoisotopic (exact) mass is 339 g/mol. The Labute approximate surface area is 145 Å². The lowest BCUT2D eigenvalue weighted by Crippen LogP contribution is -2.37. The molecule has 0 spiro atoms. The van der Waals surface area contributed by atoms with E-state index in [-0.39, 0.29) is 12.1 Å². The van der Waals surface area contributed by atoms with E-state index in [1.807, 2.05) is 37.3 Å². The average Bonchev–Trinajstić information content (AvgIpc) is 2.94. The molecule has 0 aliphatic heterocycles. The van der Waals surface area contributed by atoms with Crippen molar-refractivity contribution in [2.75, 3.05) is 5.32 Å². The summed E-state index contributed by atoms with van der Waals surface area (Å²) in [5, 5.41) is 15.8. The number of benzene rings is 2. The van der Waals surface area contributed by atoms with Crippen LogP contribution in [0.2, 0.25) is 0 Å². The highest BCUT2D eigenvalue weighted by atomic mass is 16.3. The molecule has 2 atom stereocenters. The molecular formula is C19H21N3O3. The van der Waals surface area contributed by atoms with Gasteiger partial charge >= 0.3 is 6.03 Å². The van der Waals surface area contributed by atoms with E-state index < -0.39 is 6.10 Å². The number of nitrogens with one attached hydrogen (secondary N) is 2. The van der Waals surface area contributed by atoms with Gasteiger partial charge in [-0.25, -0.2) is 9.78 Å². The first kappa shape index (κ1) is 17.0. The van der Waals surface area contributed by atoms with E-state index in [9.17, 15) is 9.90 Å². The predicted octanol–water partition coefficient (Wildman–Crippen LogP) is 3.77. The Morgan fingerprint density at radius 3 is 2.76 bits per heavy atom. The van der Waals surface area contributed by atoms with Crippen LogP contribution in [-0.2, 0) is 0 Å². The summed E-state index contributed by atoms with van der Waals surface area (Å²) in [5.74, 6) is 0.583. The van der Waals surface area contributed by atoms with Gasteiger partial charge in [0.2, 0.25) is 0 Å². The van der Waals surface area contributed by atoms with Gasteiger partial charge in [-0.15, -0.1) is 0 Å². The zero-order chi connectivity index (χ0) is 17.8. The van der Waals surface area contributed by atoms with Gasteiger partial charge in [0.25, 0.3) is 0 Å². The molecule has 0 radical (unpaired) electrons. The van der Waals surface area contributed by atoms with Gasteiger partial charge in [-0.3, -0.25) is 0 Å². The SMILES string of the molecule is Cc1nc2cc(NC(=O)NC(C)CC(O)c3ccccc3)ccc2o1. The molecule has 0 saturated heterocycles. The largest absolute Gasteiger partial charge is 0.441 e. The highest BCUT2D eigenvalue weighted by molar-refractivity contribution is 5.91. The number of nitrogens with zero attached hydrogens (tertiary/aromatic N) is 1. The lowest BCUT2D eigenvalue weighted by molar-refractivity contribution is 0.155. The molecule has 2 aromatic carbocycles. The van der Waals surface area contributed by atoms with E-state index in [4.69, 9.17) is 4.42 Å². The van der Waals surface area contributed by atoms with Crippen molar-refractivity contribution in [1.82, 2.24) is 10.3 Å². The van der Waals surface area contributed by atoms with Gasteiger partial charge in [0.1, 0.15) is 5.52 Å². The number of carbonyl (C=O) groups is 1. The number of urea groups is 1. The maximum Gasteiger partial charge on any atom is 0.319 e. The molecule has 2 amide bonds. The molecule has 1 aromatic heterocycles. The average molecular weight is 339 g/mol. The van der Waals surface area contributed by atoms with Gasteiger partial charge in [-0.05, 0) is 37.1 Å². The molecule has 3 rings (SSSR count). The third-order valence-electron chi connectivity index (χ3n) is 3.89. The van der Waals surface area contributed by atoms with Crippen LogP contribution in [0, 0.1) is 6.92 Å². The molecule has 6 nitrogen and oxygen atoms in total. The predicted molar refractivity (Wildman–Crippen MR) is 96.4 cm³/mol. The Hall–Kier alpha value is -2.86. The number of fused-ring (bicyclic) bond motifs is 1. The second-order valence-electron chi connectivity index (χ2n) is 6.08. The van der Waals surface area contributed by atoms with E-state index in [1.165, 1.54) is 0 Å². The summed E-state index contributed by atoms with van der Waals surface area (Å²) in [4.78, 5) is 16.4. The van der Waals surface area contributed by atoms with Gasteiger partial charge in [-0.1, -0.05) is 30.3 Å². The van der Waals surface area contributed by atoms with Crippen LogP contribution in [-0.4, -0.2) is 22.2 Å². The minimum absolute atomic E-state index is 0.187. The van der Waals surface area contributed by atoms with E-state index in [1.54, 1.807) is 25.1 Å². The fourth-order valence-corrected chi connectivity index (χ4v) is 2.72. The summed E-state index contributed by atoms with van der Waals surface area (Å²) in [6, 6.07) is 14.2. The maximum absolute atomic E-state index is 12.1. The fourth-order valence-electron chi connectivity index (χ4n) is 2.72. The first-order valence-electron chi connectivity index (χ1n) is 8.19. The van der Waals surface area contributed by atoms with Crippen LogP contribution < -0.4 is 10.6 Å². The molecule has 0 fully saturated rings. The van der Waals surface area contributed by atoms with Gasteiger partial charge in [0, 0.05) is 18.7 Å². The number of oxazole rings is 1. The van der Waals surface area contributed by atoms with Crippen molar-refractivity contribution in [3.8, 4) is 0 Å². The number of aromatic nitrogens is 1. The van der Waals surface area contributed by atoms with Crippen molar-refractivity contribution >= 4 is 22.8 Å². The van der Waals surface area contributed by atoms with Gasteiger partial charge < -0.3 is 20.2 Å². The topological polar surface area (TPSA) is 87.4 Å². The highest BCUT2D eigenvalue weighted by Crippen LogP contribution is 2.20. The second kappa shape index (κ2) is 7.36. The van der Waals surface area contributed by atoms with Crippen LogP contribution in [0.1, 0.15) is 30.9 Å². The van der Waals surface area contributed by atoms with Crippen molar-refractivity contribution in [1.29, 1.82) is 0 Å². The standard InChI is InChI=1S/C19H21N3O3/c1-12(10-17(23)14-6-4-3-5-7-14)20-19(24)22-15-8-9-18-16(11-15)21-13(2)25-18/h3-9,11-12,17,23H,10H2,1-2H3,(H2,20,22,24). The summed E-state index contributed by atoms with van der Waals surface area (Å²) in [6.07, 6.45) is -0.190. The number of hydrogen-bond donors (Lipinski definition) is 3. The molecule has 25 heavy (non-hydrogen) atoms. The molecule has 6 heteroatoms. The van der Waals surface area contributed by atoms with Crippen molar-refractivity contribution in [2.45, 2.75) is 32.4 Å². The summed E-state index contributed by atoms with van der Waals surface area (Å²) in [6.45, 7) is 3.63. The number of aryl methyl sites for hydroxylation is 1. The molecular weight excluding hydrogens is 318 g/mol. The Balaban J connectivity index is 1.55. The fraction of sp³-hybridized carbons (Fsp3) is 0.263. The van der Waals surface area contributed by atoms with E-state index in [0.717, 1.165) is 5.56 Å². The second-order valence-corrected chi connectivity index (χ2v) is 6.08.